The predicted octanol–water partition coefficient (Wildman–Crippen LogP) is -6.46. The molecule has 0 saturated carbocycles. The highest BCUT2D eigenvalue weighted by atomic mass is 16.3. The summed E-state index contributed by atoms with van der Waals surface area (Å²) in [7, 11) is 0. The van der Waals surface area contributed by atoms with Gasteiger partial charge in [0.05, 0.1) is 25.7 Å². The Labute approximate surface area is 299 Å². The number of phenolic OH excluding ortho intramolecular Hbond substituents is 1. The van der Waals surface area contributed by atoms with Crippen LogP contribution in [-0.2, 0) is 49.6 Å². The van der Waals surface area contributed by atoms with Crippen molar-refractivity contribution >= 4 is 53.2 Å². The van der Waals surface area contributed by atoms with Crippen molar-refractivity contribution in [3.05, 3.63) is 29.8 Å². The van der Waals surface area contributed by atoms with E-state index in [0.29, 0.717) is 5.56 Å². The largest absolute Gasteiger partial charge is 0.508 e. The minimum Gasteiger partial charge on any atom is -0.508 e. The van der Waals surface area contributed by atoms with E-state index < -0.39 is 106 Å². The number of fused-ring (bicyclic) bond motifs is 3. The standard InChI is InChI=1S/C33H36N10O10/c34-21(45)17-6-30(10-35-17)27(51)42-12-32(8-19(42)23(47)38-30)29(53)43-13-33(9-20(43)25(49)40-32)28(52)41-11-31(7-18(41)24(48)39-33)26(50)36-16(22(46)37-31)5-14-1-3-15(44)4-2-14/h1-4,16-20,35,44H,5-13H2,(H2,34,45)(H,36,50)(H,37,46)(H,38,47)(H,39,48)(H,40,49)/t16-,17?,18?,19?,20?,30-,31-,32-,33-/m0/s1. The maximum Gasteiger partial charge on any atom is 0.251 e. The Bertz CT molecular complexity index is 1980. The number of carbonyl (C=O) groups excluding carboxylic acids is 9. The van der Waals surface area contributed by atoms with Gasteiger partial charge < -0.3 is 57.4 Å². The summed E-state index contributed by atoms with van der Waals surface area (Å²) in [4.78, 5) is 126. The van der Waals surface area contributed by atoms with E-state index >= 15 is 0 Å². The second-order valence-electron chi connectivity index (χ2n) is 15.7. The number of nitrogens with one attached hydrogen (secondary N) is 6. The lowest BCUT2D eigenvalue weighted by Gasteiger charge is -2.42. The molecule has 0 bridgehead atoms. The molecule has 1 aromatic rings. The Hall–Kier alpha value is -5.79. The van der Waals surface area contributed by atoms with Crippen molar-refractivity contribution in [1.82, 2.24) is 46.6 Å². The number of hydrogen-bond donors (Lipinski definition) is 8. The van der Waals surface area contributed by atoms with E-state index in [2.05, 4.69) is 31.9 Å². The maximum atomic E-state index is 14.3. The van der Waals surface area contributed by atoms with Gasteiger partial charge in [-0.3, -0.25) is 43.2 Å². The first kappa shape index (κ1) is 33.1. The van der Waals surface area contributed by atoms with Crippen LogP contribution in [0.2, 0.25) is 0 Å². The van der Waals surface area contributed by atoms with Crippen molar-refractivity contribution in [3.8, 4) is 5.75 Å². The predicted molar refractivity (Wildman–Crippen MR) is 173 cm³/mol. The zero-order valence-corrected chi connectivity index (χ0v) is 28.1. The van der Waals surface area contributed by atoms with Gasteiger partial charge >= 0.3 is 0 Å². The molecule has 9 rings (SSSR count). The third kappa shape index (κ3) is 4.53. The van der Waals surface area contributed by atoms with Crippen LogP contribution in [0.25, 0.3) is 0 Å². The molecule has 8 aliphatic rings. The molecule has 9 N–H and O–H groups in total. The number of amides is 9. The molecule has 0 aliphatic carbocycles. The molecule has 8 saturated heterocycles. The Morgan fingerprint density at radius 2 is 1.11 bits per heavy atom. The number of nitrogens with zero attached hydrogens (tertiary/aromatic N) is 3. The fourth-order valence-corrected chi connectivity index (χ4v) is 9.75. The summed E-state index contributed by atoms with van der Waals surface area (Å²) in [5.41, 5.74) is -0.351. The molecule has 20 nitrogen and oxygen atoms in total. The van der Waals surface area contributed by atoms with Crippen molar-refractivity contribution in [2.75, 3.05) is 26.2 Å². The minimum atomic E-state index is -1.72. The molecule has 8 heterocycles. The first-order valence-electron chi connectivity index (χ1n) is 17.4. The molecular formula is C33H36N10O10. The summed E-state index contributed by atoms with van der Waals surface area (Å²) in [6.45, 7) is -1.07. The minimum absolute atomic E-state index is 0.0489. The summed E-state index contributed by atoms with van der Waals surface area (Å²) >= 11 is 0. The lowest BCUT2D eigenvalue weighted by atomic mass is 9.87. The highest BCUT2D eigenvalue weighted by Crippen LogP contribution is 2.44. The molecule has 0 radical (unpaired) electrons. The van der Waals surface area contributed by atoms with Crippen LogP contribution in [-0.4, -0.2) is 152 Å². The Morgan fingerprint density at radius 1 is 0.660 bits per heavy atom. The van der Waals surface area contributed by atoms with Gasteiger partial charge in [-0.15, -0.1) is 0 Å². The maximum absolute atomic E-state index is 14.3. The quantitative estimate of drug-likeness (QED) is 0.145. The van der Waals surface area contributed by atoms with Gasteiger partial charge in [-0.1, -0.05) is 12.1 Å². The van der Waals surface area contributed by atoms with Gasteiger partial charge in [0.1, 0.15) is 52.1 Å². The highest BCUT2D eigenvalue weighted by Gasteiger charge is 2.70. The fourth-order valence-electron chi connectivity index (χ4n) is 9.75. The average molecular weight is 733 g/mol. The molecule has 4 spiro atoms. The van der Waals surface area contributed by atoms with Crippen molar-refractivity contribution in [2.24, 2.45) is 5.73 Å². The van der Waals surface area contributed by atoms with Crippen molar-refractivity contribution in [1.29, 1.82) is 0 Å². The fraction of sp³-hybridized carbons (Fsp3) is 0.545. The average Bonchev–Trinajstić information content (AvgIpc) is 3.90. The number of benzene rings is 1. The number of phenols is 1. The van der Waals surface area contributed by atoms with E-state index in [1.54, 1.807) is 12.1 Å². The van der Waals surface area contributed by atoms with Crippen LogP contribution in [0.3, 0.4) is 0 Å². The van der Waals surface area contributed by atoms with Crippen LogP contribution in [0.4, 0.5) is 0 Å². The second kappa shape index (κ2) is 10.6. The molecule has 8 aliphatic heterocycles. The van der Waals surface area contributed by atoms with Crippen molar-refractivity contribution < 1.29 is 48.3 Å². The van der Waals surface area contributed by atoms with E-state index in [4.69, 9.17) is 5.73 Å². The van der Waals surface area contributed by atoms with Crippen molar-refractivity contribution in [2.45, 2.75) is 84.5 Å². The molecule has 9 atom stereocenters. The summed E-state index contributed by atoms with van der Waals surface area (Å²) in [6, 6.07) is 1.03. The monoisotopic (exact) mass is 732 g/mol. The van der Waals surface area contributed by atoms with Gasteiger partial charge in [0.25, 0.3) is 17.7 Å². The number of hydrogen-bond acceptors (Lipinski definition) is 11. The topological polar surface area (TPSA) is 282 Å². The summed E-state index contributed by atoms with van der Waals surface area (Å²) in [5.74, 6) is -5.25. The zero-order chi connectivity index (χ0) is 37.4. The summed E-state index contributed by atoms with van der Waals surface area (Å²) in [5, 5.41) is 26.1. The van der Waals surface area contributed by atoms with Gasteiger partial charge in [0.2, 0.25) is 35.4 Å². The van der Waals surface area contributed by atoms with E-state index in [9.17, 15) is 48.3 Å². The van der Waals surface area contributed by atoms with E-state index in [-0.39, 0.29) is 64.0 Å². The van der Waals surface area contributed by atoms with E-state index in [1.165, 1.54) is 26.8 Å². The summed E-state index contributed by atoms with van der Waals surface area (Å²) < 4.78 is 0. The third-order valence-electron chi connectivity index (χ3n) is 12.4. The van der Waals surface area contributed by atoms with E-state index in [1.807, 2.05) is 0 Å². The number of carbonyl (C=O) groups is 9. The number of rotatable bonds is 3. The van der Waals surface area contributed by atoms with Crippen LogP contribution >= 0.6 is 0 Å². The molecular weight excluding hydrogens is 696 g/mol. The number of nitrogens with two attached hydrogens (primary N) is 1. The first-order chi connectivity index (χ1) is 25.1. The normalized spacial score (nSPS) is 40.0. The van der Waals surface area contributed by atoms with Crippen LogP contribution < -0.4 is 37.6 Å². The molecule has 278 valence electrons. The lowest BCUT2D eigenvalue weighted by molar-refractivity contribution is -0.154. The van der Waals surface area contributed by atoms with Crippen LogP contribution in [0.5, 0.6) is 5.75 Å². The van der Waals surface area contributed by atoms with E-state index in [0.717, 1.165) is 0 Å². The number of primary amides is 1. The Morgan fingerprint density at radius 3 is 1.62 bits per heavy atom. The first-order valence-corrected chi connectivity index (χ1v) is 17.4. The van der Waals surface area contributed by atoms with Crippen LogP contribution in [0.1, 0.15) is 31.2 Å². The van der Waals surface area contributed by atoms with Crippen LogP contribution in [0.15, 0.2) is 24.3 Å². The Kier molecular flexibility index (Phi) is 6.64. The molecule has 8 fully saturated rings. The van der Waals surface area contributed by atoms with Gasteiger partial charge in [-0.25, -0.2) is 0 Å². The van der Waals surface area contributed by atoms with Gasteiger partial charge in [0.15, 0.2) is 0 Å². The number of aromatic hydroxyl groups is 1. The zero-order valence-electron chi connectivity index (χ0n) is 28.1. The Balaban J connectivity index is 0.925. The van der Waals surface area contributed by atoms with Crippen LogP contribution in [0, 0.1) is 0 Å². The number of piperazine rings is 4. The molecule has 20 heteroatoms. The SMILES string of the molecule is NC(=O)C1C[C@@]2(CN1)NC(=O)C1C[C@@]3(CN1C2=O)NC(=O)C1C[C@@]2(CN1C3=O)NC(=O)C1C[C@@]3(CN1C2=O)NC(=O)[C@H](Cc1ccc(O)cc1)NC3=O. The molecule has 9 amide bonds. The second-order valence-corrected chi connectivity index (χ2v) is 15.7. The highest BCUT2D eigenvalue weighted by molar-refractivity contribution is 6.09. The van der Waals surface area contributed by atoms with Gasteiger partial charge in [-0.2, -0.15) is 0 Å². The van der Waals surface area contributed by atoms with Gasteiger partial charge in [0, 0.05) is 38.6 Å². The summed E-state index contributed by atoms with van der Waals surface area (Å²) in [6.07, 6.45) is -0.612. The molecule has 1 aromatic carbocycles. The lowest BCUT2D eigenvalue weighted by Crippen LogP contribution is -2.72. The van der Waals surface area contributed by atoms with Gasteiger partial charge in [-0.05, 0) is 17.7 Å². The molecule has 0 aromatic heterocycles. The third-order valence-corrected chi connectivity index (χ3v) is 12.4. The molecule has 53 heavy (non-hydrogen) atoms. The van der Waals surface area contributed by atoms with Crippen molar-refractivity contribution in [3.63, 3.8) is 0 Å². The molecule has 4 unspecified atom stereocenters. The smallest absolute Gasteiger partial charge is 0.251 e.